The Morgan fingerprint density at radius 3 is 3.13 bits per heavy atom. The summed E-state index contributed by atoms with van der Waals surface area (Å²) in [6.07, 6.45) is 2.89. The summed E-state index contributed by atoms with van der Waals surface area (Å²) in [5.74, 6) is -0.976. The number of hydrogen-bond acceptors (Lipinski definition) is 4. The molecular formula is C9H7N3O2S. The first-order valence-electron chi connectivity index (χ1n) is 4.13. The van der Waals surface area contributed by atoms with Crippen molar-refractivity contribution in [1.29, 1.82) is 0 Å². The number of nitrogens with zero attached hydrogens (tertiary/aromatic N) is 3. The first-order valence-corrected chi connectivity index (χ1v) is 5.01. The van der Waals surface area contributed by atoms with E-state index in [-0.39, 0.29) is 0 Å². The van der Waals surface area contributed by atoms with Gasteiger partial charge in [0.1, 0.15) is 0 Å². The third-order valence-corrected chi connectivity index (χ3v) is 2.43. The average molecular weight is 221 g/mol. The molecule has 0 fully saturated rings. The molecule has 2 aromatic heterocycles. The van der Waals surface area contributed by atoms with Gasteiger partial charge >= 0.3 is 5.97 Å². The van der Waals surface area contributed by atoms with E-state index in [1.807, 2.05) is 24.4 Å². The SMILES string of the molecule is O=C(O)/C=C/Sc1nnc2ccccn12. The molecule has 0 spiro atoms. The maximum atomic E-state index is 10.2. The number of thioether (sulfide) groups is 1. The number of pyridine rings is 1. The van der Waals surface area contributed by atoms with Gasteiger partial charge in [0.15, 0.2) is 10.8 Å². The third-order valence-electron chi connectivity index (χ3n) is 1.67. The zero-order chi connectivity index (χ0) is 10.7. The number of carboxylic acid groups (broad SMARTS) is 1. The molecule has 0 aromatic carbocycles. The Hall–Kier alpha value is -1.82. The predicted molar refractivity (Wildman–Crippen MR) is 55.6 cm³/mol. The van der Waals surface area contributed by atoms with Crippen molar-refractivity contribution in [3.63, 3.8) is 0 Å². The van der Waals surface area contributed by atoms with Crippen LogP contribution in [0.2, 0.25) is 0 Å². The normalized spacial score (nSPS) is 11.2. The summed E-state index contributed by atoms with van der Waals surface area (Å²) >= 11 is 1.21. The minimum Gasteiger partial charge on any atom is -0.478 e. The van der Waals surface area contributed by atoms with Gasteiger partial charge < -0.3 is 5.11 Å². The molecule has 15 heavy (non-hydrogen) atoms. The summed E-state index contributed by atoms with van der Waals surface area (Å²) in [5, 5.41) is 18.4. The molecule has 0 unspecified atom stereocenters. The van der Waals surface area contributed by atoms with Crippen molar-refractivity contribution >= 4 is 23.4 Å². The van der Waals surface area contributed by atoms with E-state index in [9.17, 15) is 4.79 Å². The number of hydrogen-bond donors (Lipinski definition) is 1. The van der Waals surface area contributed by atoms with Gasteiger partial charge in [-0.25, -0.2) is 4.79 Å². The van der Waals surface area contributed by atoms with Crippen LogP contribution in [0.25, 0.3) is 5.65 Å². The largest absolute Gasteiger partial charge is 0.478 e. The molecule has 2 aromatic rings. The van der Waals surface area contributed by atoms with Crippen molar-refractivity contribution in [1.82, 2.24) is 14.6 Å². The highest BCUT2D eigenvalue weighted by Gasteiger charge is 2.02. The highest BCUT2D eigenvalue weighted by Crippen LogP contribution is 2.17. The third kappa shape index (κ3) is 2.16. The average Bonchev–Trinajstić information content (AvgIpc) is 2.62. The van der Waals surface area contributed by atoms with E-state index < -0.39 is 5.97 Å². The highest BCUT2D eigenvalue weighted by molar-refractivity contribution is 8.02. The lowest BCUT2D eigenvalue weighted by Crippen LogP contribution is -1.86. The van der Waals surface area contributed by atoms with Crippen molar-refractivity contribution in [2.75, 3.05) is 0 Å². The second-order valence-electron chi connectivity index (χ2n) is 2.67. The second kappa shape index (κ2) is 4.14. The maximum Gasteiger partial charge on any atom is 0.328 e. The quantitative estimate of drug-likeness (QED) is 0.627. The van der Waals surface area contributed by atoms with Crippen molar-refractivity contribution in [3.05, 3.63) is 35.9 Å². The number of aliphatic carboxylic acids is 1. The molecular weight excluding hydrogens is 214 g/mol. The van der Waals surface area contributed by atoms with Gasteiger partial charge in [0.25, 0.3) is 0 Å². The molecule has 0 bridgehead atoms. The molecule has 1 N–H and O–H groups in total. The van der Waals surface area contributed by atoms with Crippen molar-refractivity contribution < 1.29 is 9.90 Å². The van der Waals surface area contributed by atoms with E-state index in [0.29, 0.717) is 5.16 Å². The second-order valence-corrected chi connectivity index (χ2v) is 3.54. The van der Waals surface area contributed by atoms with Crippen LogP contribution < -0.4 is 0 Å². The molecule has 0 atom stereocenters. The molecule has 6 heteroatoms. The number of fused-ring (bicyclic) bond motifs is 1. The van der Waals surface area contributed by atoms with E-state index in [1.165, 1.54) is 17.2 Å². The number of carboxylic acids is 1. The molecule has 0 aliphatic rings. The predicted octanol–water partition coefficient (Wildman–Crippen LogP) is 1.42. The Morgan fingerprint density at radius 2 is 2.33 bits per heavy atom. The first-order chi connectivity index (χ1) is 7.27. The smallest absolute Gasteiger partial charge is 0.328 e. The van der Waals surface area contributed by atoms with Crippen LogP contribution in [-0.4, -0.2) is 25.7 Å². The molecule has 5 nitrogen and oxygen atoms in total. The minimum absolute atomic E-state index is 0.642. The van der Waals surface area contributed by atoms with Gasteiger partial charge in [-0.2, -0.15) is 0 Å². The van der Waals surface area contributed by atoms with Crippen LogP contribution in [0.5, 0.6) is 0 Å². The summed E-state index contributed by atoms with van der Waals surface area (Å²) in [4.78, 5) is 10.2. The topological polar surface area (TPSA) is 67.5 Å². The Kier molecular flexibility index (Phi) is 2.68. The van der Waals surface area contributed by atoms with Gasteiger partial charge in [0.2, 0.25) is 0 Å². The number of rotatable bonds is 3. The molecule has 2 rings (SSSR count). The molecule has 0 aliphatic carbocycles. The molecule has 0 saturated carbocycles. The minimum atomic E-state index is -0.976. The fourth-order valence-corrected chi connectivity index (χ4v) is 1.72. The molecule has 0 radical (unpaired) electrons. The maximum absolute atomic E-state index is 10.2. The van der Waals surface area contributed by atoms with Crippen LogP contribution >= 0.6 is 11.8 Å². The molecule has 0 saturated heterocycles. The van der Waals surface area contributed by atoms with E-state index in [1.54, 1.807) is 4.40 Å². The fraction of sp³-hybridized carbons (Fsp3) is 0. The van der Waals surface area contributed by atoms with Crippen LogP contribution in [-0.2, 0) is 4.79 Å². The fourth-order valence-electron chi connectivity index (χ4n) is 1.05. The summed E-state index contributed by atoms with van der Waals surface area (Å²) in [6, 6.07) is 5.56. The Morgan fingerprint density at radius 1 is 1.47 bits per heavy atom. The van der Waals surface area contributed by atoms with Crippen LogP contribution in [0.15, 0.2) is 41.0 Å². The van der Waals surface area contributed by atoms with Crippen LogP contribution in [0.3, 0.4) is 0 Å². The molecule has 0 amide bonds. The van der Waals surface area contributed by atoms with E-state index in [2.05, 4.69) is 10.2 Å². The molecule has 76 valence electrons. The lowest BCUT2D eigenvalue weighted by Gasteiger charge is -1.93. The Balaban J connectivity index is 2.25. The van der Waals surface area contributed by atoms with Gasteiger partial charge in [-0.1, -0.05) is 17.8 Å². The van der Waals surface area contributed by atoms with Crippen molar-refractivity contribution in [2.24, 2.45) is 0 Å². The molecule has 2 heterocycles. The van der Waals surface area contributed by atoms with Crippen LogP contribution in [0, 0.1) is 0 Å². The van der Waals surface area contributed by atoms with Gasteiger partial charge in [0, 0.05) is 12.3 Å². The van der Waals surface area contributed by atoms with Gasteiger partial charge in [-0.05, 0) is 17.5 Å². The number of carbonyl (C=O) groups is 1. The van der Waals surface area contributed by atoms with E-state index in [4.69, 9.17) is 5.11 Å². The molecule has 0 aliphatic heterocycles. The standard InChI is InChI=1S/C9H7N3O2S/c13-8(14)4-6-15-9-11-10-7-3-1-2-5-12(7)9/h1-6H,(H,13,14)/b6-4+. The zero-order valence-corrected chi connectivity index (χ0v) is 8.39. The Bertz CT molecular complexity index is 521. The summed E-state index contributed by atoms with van der Waals surface area (Å²) in [7, 11) is 0. The van der Waals surface area contributed by atoms with Crippen LogP contribution in [0.4, 0.5) is 0 Å². The first kappa shape index (κ1) is 9.72. The van der Waals surface area contributed by atoms with E-state index >= 15 is 0 Å². The monoisotopic (exact) mass is 221 g/mol. The summed E-state index contributed by atoms with van der Waals surface area (Å²) in [6.45, 7) is 0. The van der Waals surface area contributed by atoms with Gasteiger partial charge in [-0.3, -0.25) is 4.40 Å². The zero-order valence-electron chi connectivity index (χ0n) is 7.57. The van der Waals surface area contributed by atoms with Gasteiger partial charge in [-0.15, -0.1) is 10.2 Å². The lowest BCUT2D eigenvalue weighted by molar-refractivity contribution is -0.131. The summed E-state index contributed by atoms with van der Waals surface area (Å²) in [5.41, 5.74) is 0.740. The van der Waals surface area contributed by atoms with E-state index in [0.717, 1.165) is 11.7 Å². The Labute approximate surface area is 89.4 Å². The lowest BCUT2D eigenvalue weighted by atomic mass is 10.5. The van der Waals surface area contributed by atoms with Gasteiger partial charge in [0.05, 0.1) is 0 Å². The number of aromatic nitrogens is 3. The van der Waals surface area contributed by atoms with Crippen molar-refractivity contribution in [2.45, 2.75) is 5.16 Å². The van der Waals surface area contributed by atoms with Crippen LogP contribution in [0.1, 0.15) is 0 Å². The van der Waals surface area contributed by atoms with Crippen molar-refractivity contribution in [3.8, 4) is 0 Å². The highest BCUT2D eigenvalue weighted by atomic mass is 32.2. The summed E-state index contributed by atoms with van der Waals surface area (Å²) < 4.78 is 1.79.